The van der Waals surface area contributed by atoms with Gasteiger partial charge in [-0.3, -0.25) is 4.79 Å². The largest absolute Gasteiger partial charge is 0.497 e. The van der Waals surface area contributed by atoms with Gasteiger partial charge in [-0.05, 0) is 41.9 Å². The molecule has 1 heterocycles. The number of methoxy groups -OCH3 is 1. The van der Waals surface area contributed by atoms with Crippen LogP contribution in [-0.4, -0.2) is 22.6 Å². The van der Waals surface area contributed by atoms with Crippen molar-refractivity contribution in [1.82, 2.24) is 9.59 Å². The van der Waals surface area contributed by atoms with E-state index in [0.717, 1.165) is 17.1 Å². The second-order valence-electron chi connectivity index (χ2n) is 4.79. The lowest BCUT2D eigenvalue weighted by Crippen LogP contribution is -2.11. The first-order chi connectivity index (χ1) is 11.6. The van der Waals surface area contributed by atoms with Gasteiger partial charge in [0.2, 0.25) is 0 Å². The van der Waals surface area contributed by atoms with E-state index in [0.29, 0.717) is 32.1 Å². The first kappa shape index (κ1) is 16.7. The highest BCUT2D eigenvalue weighted by atomic mass is 35.5. The van der Waals surface area contributed by atoms with Gasteiger partial charge in [0.05, 0.1) is 7.11 Å². The fourth-order valence-corrected chi connectivity index (χ4v) is 3.22. The van der Waals surface area contributed by atoms with Crippen molar-refractivity contribution in [3.05, 3.63) is 57.4 Å². The number of nitrogens with one attached hydrogen (secondary N) is 1. The highest BCUT2D eigenvalue weighted by molar-refractivity contribution is 7.08. The quantitative estimate of drug-likeness (QED) is 0.708. The Hall–Kier alpha value is -2.15. The van der Waals surface area contributed by atoms with E-state index in [9.17, 15) is 4.79 Å². The summed E-state index contributed by atoms with van der Waals surface area (Å²) in [4.78, 5) is 12.9. The number of benzene rings is 2. The Morgan fingerprint density at radius 3 is 2.62 bits per heavy atom. The van der Waals surface area contributed by atoms with Crippen LogP contribution in [-0.2, 0) is 0 Å². The average Bonchev–Trinajstić information content (AvgIpc) is 3.03. The molecule has 0 radical (unpaired) electrons. The highest BCUT2D eigenvalue weighted by Crippen LogP contribution is 2.28. The van der Waals surface area contributed by atoms with Crippen LogP contribution < -0.4 is 10.1 Å². The van der Waals surface area contributed by atoms with Gasteiger partial charge in [-0.2, -0.15) is 0 Å². The molecule has 3 aromatic rings. The molecule has 1 N–H and O–H groups in total. The van der Waals surface area contributed by atoms with Gasteiger partial charge in [-0.15, -0.1) is 5.10 Å². The topological polar surface area (TPSA) is 64.1 Å². The zero-order valence-corrected chi connectivity index (χ0v) is 14.7. The molecule has 0 fully saturated rings. The van der Waals surface area contributed by atoms with Gasteiger partial charge in [0.15, 0.2) is 0 Å². The molecule has 0 bridgehead atoms. The van der Waals surface area contributed by atoms with E-state index in [2.05, 4.69) is 14.9 Å². The van der Waals surface area contributed by atoms with Crippen LogP contribution in [0.2, 0.25) is 10.0 Å². The number of ether oxygens (including phenoxy) is 1. The van der Waals surface area contributed by atoms with Crippen molar-refractivity contribution >= 4 is 46.3 Å². The van der Waals surface area contributed by atoms with Gasteiger partial charge in [-0.1, -0.05) is 39.8 Å². The molecular weight excluding hydrogens is 369 g/mol. The van der Waals surface area contributed by atoms with E-state index in [-0.39, 0.29) is 5.91 Å². The summed E-state index contributed by atoms with van der Waals surface area (Å²) in [5.41, 5.74) is 1.74. The fourth-order valence-electron chi connectivity index (χ4n) is 2.11. The lowest BCUT2D eigenvalue weighted by molar-refractivity contribution is 0.103. The fraction of sp³-hybridized carbons (Fsp3) is 0.0625. The average molecular weight is 380 g/mol. The van der Waals surface area contributed by atoms with Crippen molar-refractivity contribution in [2.75, 3.05) is 12.4 Å². The number of hydrogen-bond donors (Lipinski definition) is 1. The third-order valence-electron chi connectivity index (χ3n) is 3.16. The molecule has 5 nitrogen and oxygen atoms in total. The van der Waals surface area contributed by atoms with Crippen LogP contribution in [0.25, 0.3) is 11.3 Å². The van der Waals surface area contributed by atoms with Gasteiger partial charge in [0.25, 0.3) is 5.91 Å². The minimum Gasteiger partial charge on any atom is -0.497 e. The first-order valence-corrected chi connectivity index (χ1v) is 8.34. The third-order valence-corrected chi connectivity index (χ3v) is 4.32. The van der Waals surface area contributed by atoms with Gasteiger partial charge in [0.1, 0.15) is 16.3 Å². The summed E-state index contributed by atoms with van der Waals surface area (Å²) in [7, 11) is 1.58. The van der Waals surface area contributed by atoms with Crippen LogP contribution >= 0.6 is 34.7 Å². The normalized spacial score (nSPS) is 10.5. The molecular formula is C16H11Cl2N3O2S. The molecule has 0 aliphatic rings. The number of rotatable bonds is 4. The predicted octanol–water partition coefficient (Wildman–Crippen LogP) is 4.77. The lowest BCUT2D eigenvalue weighted by Gasteiger charge is -2.07. The molecule has 1 amide bonds. The van der Waals surface area contributed by atoms with Crippen molar-refractivity contribution in [3.8, 4) is 17.0 Å². The molecule has 8 heteroatoms. The number of halogens is 2. The Kier molecular flexibility index (Phi) is 4.99. The molecule has 24 heavy (non-hydrogen) atoms. The van der Waals surface area contributed by atoms with Gasteiger partial charge < -0.3 is 10.1 Å². The molecule has 0 atom stereocenters. The minimum atomic E-state index is -0.332. The predicted molar refractivity (Wildman–Crippen MR) is 96.3 cm³/mol. The number of nitrogens with zero attached hydrogens (tertiary/aromatic N) is 2. The van der Waals surface area contributed by atoms with Crippen LogP contribution in [0, 0.1) is 0 Å². The summed E-state index contributed by atoms with van der Waals surface area (Å²) >= 11 is 12.9. The number of anilines is 1. The Morgan fingerprint density at radius 2 is 1.92 bits per heavy atom. The van der Waals surface area contributed by atoms with E-state index in [1.54, 1.807) is 31.4 Å². The van der Waals surface area contributed by atoms with Crippen molar-refractivity contribution < 1.29 is 9.53 Å². The zero-order valence-electron chi connectivity index (χ0n) is 12.4. The SMILES string of the molecule is COc1cccc(-c2nnsc2C(=O)Nc2cc(Cl)cc(Cl)c2)c1. The molecule has 0 spiro atoms. The highest BCUT2D eigenvalue weighted by Gasteiger charge is 2.18. The monoisotopic (exact) mass is 379 g/mol. The zero-order chi connectivity index (χ0) is 17.1. The Balaban J connectivity index is 1.90. The van der Waals surface area contributed by atoms with Crippen LogP contribution in [0.5, 0.6) is 5.75 Å². The van der Waals surface area contributed by atoms with E-state index in [1.165, 1.54) is 0 Å². The molecule has 1 aromatic heterocycles. The summed E-state index contributed by atoms with van der Waals surface area (Å²) in [6, 6.07) is 12.1. The van der Waals surface area contributed by atoms with Crippen molar-refractivity contribution in [2.24, 2.45) is 0 Å². The first-order valence-electron chi connectivity index (χ1n) is 6.81. The van der Waals surface area contributed by atoms with Crippen LogP contribution in [0.1, 0.15) is 9.67 Å². The number of hydrogen-bond acceptors (Lipinski definition) is 5. The van der Waals surface area contributed by atoms with Crippen molar-refractivity contribution in [1.29, 1.82) is 0 Å². The molecule has 0 unspecified atom stereocenters. The van der Waals surface area contributed by atoms with E-state index >= 15 is 0 Å². The summed E-state index contributed by atoms with van der Waals surface area (Å²) < 4.78 is 9.09. The minimum absolute atomic E-state index is 0.332. The molecule has 0 aliphatic carbocycles. The number of amides is 1. The third kappa shape index (κ3) is 3.67. The summed E-state index contributed by atoms with van der Waals surface area (Å²) in [6.07, 6.45) is 0. The second kappa shape index (κ2) is 7.17. The second-order valence-corrected chi connectivity index (χ2v) is 6.42. The lowest BCUT2D eigenvalue weighted by atomic mass is 10.1. The Morgan fingerprint density at radius 1 is 1.17 bits per heavy atom. The van der Waals surface area contributed by atoms with Crippen molar-refractivity contribution in [3.63, 3.8) is 0 Å². The van der Waals surface area contributed by atoms with Gasteiger partial charge in [-0.25, -0.2) is 0 Å². The standard InChI is InChI=1S/C16H11Cl2N3O2S/c1-23-13-4-2-3-9(5-13)14-15(24-21-20-14)16(22)19-12-7-10(17)6-11(18)8-12/h2-8H,1H3,(H,19,22). The van der Waals surface area contributed by atoms with Crippen molar-refractivity contribution in [2.45, 2.75) is 0 Å². The maximum absolute atomic E-state index is 12.5. The summed E-state index contributed by atoms with van der Waals surface area (Å²) in [6.45, 7) is 0. The van der Waals surface area contributed by atoms with Gasteiger partial charge >= 0.3 is 0 Å². The van der Waals surface area contributed by atoms with Crippen LogP contribution in [0.15, 0.2) is 42.5 Å². The van der Waals surface area contributed by atoms with E-state index in [4.69, 9.17) is 27.9 Å². The molecule has 0 saturated heterocycles. The Bertz CT molecular complexity index is 878. The molecule has 0 aliphatic heterocycles. The van der Waals surface area contributed by atoms with Gasteiger partial charge in [0, 0.05) is 21.3 Å². The van der Waals surface area contributed by atoms with E-state index < -0.39 is 0 Å². The smallest absolute Gasteiger partial charge is 0.269 e. The van der Waals surface area contributed by atoms with Crippen LogP contribution in [0.3, 0.4) is 0 Å². The molecule has 122 valence electrons. The molecule has 0 saturated carbocycles. The summed E-state index contributed by atoms with van der Waals surface area (Å²) in [5, 5.41) is 7.69. The maximum atomic E-state index is 12.5. The Labute approximate surface area is 152 Å². The van der Waals surface area contributed by atoms with Crippen LogP contribution in [0.4, 0.5) is 5.69 Å². The summed E-state index contributed by atoms with van der Waals surface area (Å²) in [5.74, 6) is 0.342. The molecule has 2 aromatic carbocycles. The number of aromatic nitrogens is 2. The maximum Gasteiger partial charge on any atom is 0.269 e. The van der Waals surface area contributed by atoms with E-state index in [1.807, 2.05) is 18.2 Å². The molecule has 3 rings (SSSR count). The number of carbonyl (C=O) groups excluding carboxylic acids is 1. The number of carbonyl (C=O) groups is 1.